The van der Waals surface area contributed by atoms with Gasteiger partial charge in [-0.2, -0.15) is 5.10 Å². The van der Waals surface area contributed by atoms with Crippen molar-refractivity contribution in [2.24, 2.45) is 0 Å². The van der Waals surface area contributed by atoms with Gasteiger partial charge in [-0.3, -0.25) is 0 Å². The molecule has 1 saturated heterocycles. The lowest BCUT2D eigenvalue weighted by Gasteiger charge is -2.22. The maximum atomic E-state index is 9.88. The van der Waals surface area contributed by atoms with Crippen molar-refractivity contribution in [1.29, 1.82) is 0 Å². The van der Waals surface area contributed by atoms with Crippen molar-refractivity contribution < 1.29 is 9.84 Å². The maximum Gasteiger partial charge on any atom is 0.150 e. The van der Waals surface area contributed by atoms with Gasteiger partial charge in [0.25, 0.3) is 0 Å². The van der Waals surface area contributed by atoms with Crippen LogP contribution in [0.1, 0.15) is 56.4 Å². The average molecular weight is 236 g/mol. The Bertz CT molecular complexity index is 371. The highest BCUT2D eigenvalue weighted by Gasteiger charge is 2.29. The topological polar surface area (TPSA) is 47.3 Å². The Morgan fingerprint density at radius 3 is 2.88 bits per heavy atom. The number of rotatable bonds is 2. The van der Waals surface area contributed by atoms with Gasteiger partial charge in [-0.15, -0.1) is 0 Å². The molecule has 1 aromatic rings. The minimum Gasteiger partial charge on any atom is -0.392 e. The summed E-state index contributed by atoms with van der Waals surface area (Å²) in [5.41, 5.74) is 1.03. The van der Waals surface area contributed by atoms with Crippen LogP contribution >= 0.6 is 0 Å². The zero-order valence-electron chi connectivity index (χ0n) is 10.1. The molecule has 2 heterocycles. The van der Waals surface area contributed by atoms with Crippen LogP contribution in [0.2, 0.25) is 0 Å². The van der Waals surface area contributed by atoms with E-state index in [0.717, 1.165) is 44.4 Å². The van der Waals surface area contributed by atoms with Crippen molar-refractivity contribution in [1.82, 2.24) is 9.78 Å². The number of aromatic nitrogens is 2. The summed E-state index contributed by atoms with van der Waals surface area (Å²) in [6.45, 7) is 0.839. The van der Waals surface area contributed by atoms with Gasteiger partial charge in [0.2, 0.25) is 0 Å². The number of aliphatic hydroxyl groups is 1. The lowest BCUT2D eigenvalue weighted by Crippen LogP contribution is -2.19. The van der Waals surface area contributed by atoms with Crippen molar-refractivity contribution in [2.45, 2.75) is 56.8 Å². The number of nitrogens with zero attached hydrogens (tertiary/aromatic N) is 2. The van der Waals surface area contributed by atoms with E-state index in [4.69, 9.17) is 4.74 Å². The molecule has 0 aromatic carbocycles. The van der Waals surface area contributed by atoms with Crippen molar-refractivity contribution in [3.63, 3.8) is 0 Å². The Morgan fingerprint density at radius 1 is 1.24 bits per heavy atom. The minimum absolute atomic E-state index is 0.107. The summed E-state index contributed by atoms with van der Waals surface area (Å²) in [5, 5.41) is 14.5. The fourth-order valence-corrected chi connectivity index (χ4v) is 2.93. The quantitative estimate of drug-likeness (QED) is 0.856. The summed E-state index contributed by atoms with van der Waals surface area (Å²) in [6, 6.07) is 2.04. The summed E-state index contributed by atoms with van der Waals surface area (Å²) in [5.74, 6) is 0.236. The van der Waals surface area contributed by atoms with Crippen molar-refractivity contribution in [2.75, 3.05) is 6.61 Å². The first-order chi connectivity index (χ1) is 8.34. The van der Waals surface area contributed by atoms with Crippen molar-refractivity contribution in [3.8, 4) is 0 Å². The Hall–Kier alpha value is -0.870. The molecule has 1 aliphatic heterocycles. The van der Waals surface area contributed by atoms with Gasteiger partial charge in [0.05, 0.1) is 11.8 Å². The van der Waals surface area contributed by atoms with Gasteiger partial charge in [-0.05, 0) is 38.2 Å². The Labute approximate surface area is 102 Å². The lowest BCUT2D eigenvalue weighted by atomic mass is 10.0. The molecule has 94 valence electrons. The fraction of sp³-hybridized carbons (Fsp3) is 0.769. The molecule has 1 aliphatic carbocycles. The standard InChI is InChI=1S/C13H20N2O2/c16-12-5-3-4-10(12)11-7-8-15(14-11)13-6-1-2-9-17-13/h7-8,10,12-13,16H,1-6,9H2/t10-,12+,13?/m1/s1. The second kappa shape index (κ2) is 4.78. The van der Waals surface area contributed by atoms with E-state index in [0.29, 0.717) is 0 Å². The number of hydrogen-bond donors (Lipinski definition) is 1. The smallest absolute Gasteiger partial charge is 0.150 e. The summed E-state index contributed by atoms with van der Waals surface area (Å²) in [7, 11) is 0. The molecular weight excluding hydrogens is 216 g/mol. The molecule has 2 fully saturated rings. The van der Waals surface area contributed by atoms with E-state index in [9.17, 15) is 5.11 Å². The van der Waals surface area contributed by atoms with E-state index in [-0.39, 0.29) is 18.2 Å². The molecule has 4 nitrogen and oxygen atoms in total. The predicted molar refractivity (Wildman–Crippen MR) is 63.7 cm³/mol. The highest BCUT2D eigenvalue weighted by molar-refractivity contribution is 5.11. The van der Waals surface area contributed by atoms with Crippen LogP contribution in [0.3, 0.4) is 0 Å². The molecule has 0 spiro atoms. The molecule has 1 N–H and O–H groups in total. The fourth-order valence-electron chi connectivity index (χ4n) is 2.93. The molecule has 0 amide bonds. The molecular formula is C13H20N2O2. The summed E-state index contributed by atoms with van der Waals surface area (Å²) in [4.78, 5) is 0. The van der Waals surface area contributed by atoms with E-state index < -0.39 is 0 Å². The van der Waals surface area contributed by atoms with E-state index >= 15 is 0 Å². The van der Waals surface area contributed by atoms with E-state index in [1.165, 1.54) is 6.42 Å². The summed E-state index contributed by atoms with van der Waals surface area (Å²) < 4.78 is 7.63. The van der Waals surface area contributed by atoms with Crippen molar-refractivity contribution in [3.05, 3.63) is 18.0 Å². The number of hydrogen-bond acceptors (Lipinski definition) is 3. The number of ether oxygens (including phenoxy) is 1. The van der Waals surface area contributed by atoms with Gasteiger partial charge < -0.3 is 9.84 Å². The first-order valence-electron chi connectivity index (χ1n) is 6.69. The molecule has 3 rings (SSSR count). The molecule has 4 heteroatoms. The third-order valence-corrected chi connectivity index (χ3v) is 3.94. The molecule has 1 unspecified atom stereocenters. The lowest BCUT2D eigenvalue weighted by molar-refractivity contribution is -0.0398. The van der Waals surface area contributed by atoms with Gasteiger partial charge in [-0.25, -0.2) is 4.68 Å². The van der Waals surface area contributed by atoms with Crippen LogP contribution in [-0.4, -0.2) is 27.6 Å². The highest BCUT2D eigenvalue weighted by atomic mass is 16.5. The Balaban J connectivity index is 1.73. The van der Waals surface area contributed by atoms with Gasteiger partial charge in [0, 0.05) is 18.7 Å². The molecule has 0 radical (unpaired) electrons. The molecule has 1 aromatic heterocycles. The second-order valence-corrected chi connectivity index (χ2v) is 5.15. The largest absolute Gasteiger partial charge is 0.392 e. The second-order valence-electron chi connectivity index (χ2n) is 5.15. The zero-order chi connectivity index (χ0) is 11.7. The molecule has 3 atom stereocenters. The van der Waals surface area contributed by atoms with Crippen LogP contribution in [-0.2, 0) is 4.74 Å². The van der Waals surface area contributed by atoms with E-state index in [1.807, 2.05) is 16.9 Å². The number of aliphatic hydroxyl groups excluding tert-OH is 1. The van der Waals surface area contributed by atoms with Gasteiger partial charge >= 0.3 is 0 Å². The van der Waals surface area contributed by atoms with Crippen LogP contribution < -0.4 is 0 Å². The van der Waals surface area contributed by atoms with Crippen LogP contribution in [0.25, 0.3) is 0 Å². The van der Waals surface area contributed by atoms with Crippen LogP contribution in [0.5, 0.6) is 0 Å². The predicted octanol–water partition coefficient (Wildman–Crippen LogP) is 2.21. The molecule has 17 heavy (non-hydrogen) atoms. The highest BCUT2D eigenvalue weighted by Crippen LogP contribution is 2.34. The minimum atomic E-state index is -0.203. The van der Waals surface area contributed by atoms with Gasteiger partial charge in [-0.1, -0.05) is 6.42 Å². The SMILES string of the molecule is O[C@H]1CCC[C@@H]1c1ccn(C2CCCCO2)n1. The van der Waals surface area contributed by atoms with Crippen LogP contribution in [0, 0.1) is 0 Å². The zero-order valence-corrected chi connectivity index (χ0v) is 10.1. The first-order valence-corrected chi connectivity index (χ1v) is 6.69. The van der Waals surface area contributed by atoms with Crippen LogP contribution in [0.15, 0.2) is 12.3 Å². The third-order valence-electron chi connectivity index (χ3n) is 3.94. The van der Waals surface area contributed by atoms with Crippen molar-refractivity contribution >= 4 is 0 Å². The average Bonchev–Trinajstić information content (AvgIpc) is 2.98. The van der Waals surface area contributed by atoms with E-state index in [1.54, 1.807) is 0 Å². The normalized spacial score (nSPS) is 34.1. The Kier molecular flexibility index (Phi) is 3.16. The molecule has 2 aliphatic rings. The molecule has 1 saturated carbocycles. The third kappa shape index (κ3) is 2.24. The summed E-state index contributed by atoms with van der Waals surface area (Å²) in [6.07, 6.45) is 8.41. The van der Waals surface area contributed by atoms with Gasteiger partial charge in [0.1, 0.15) is 6.23 Å². The van der Waals surface area contributed by atoms with Gasteiger partial charge in [0.15, 0.2) is 0 Å². The monoisotopic (exact) mass is 236 g/mol. The molecule has 0 bridgehead atoms. The Morgan fingerprint density at radius 2 is 2.18 bits per heavy atom. The van der Waals surface area contributed by atoms with Crippen LogP contribution in [0.4, 0.5) is 0 Å². The first kappa shape index (κ1) is 11.2. The maximum absolute atomic E-state index is 9.88. The summed E-state index contributed by atoms with van der Waals surface area (Å²) >= 11 is 0. The van der Waals surface area contributed by atoms with E-state index in [2.05, 4.69) is 5.10 Å².